The molecule has 178 valence electrons. The van der Waals surface area contributed by atoms with Crippen molar-refractivity contribution in [3.8, 4) is 0 Å². The van der Waals surface area contributed by atoms with Crippen LogP contribution in [0.25, 0.3) is 0 Å². The standard InChI is InChI=1S/C17H20F2N2O3.C8H10O/c1-16-9-11-10(8-13(16)17(16,18)19)15(12(23)5-6-22)20-21(11)14-4-2-3-7-24-14;1-9-7-8-5-3-2-4-6-8/h6,13-14H,2-5,7-9H2,1H3;2-6H,7H2,1H3. The van der Waals surface area contributed by atoms with Crippen LogP contribution >= 0.6 is 0 Å². The number of carbonyl (C=O) groups is 2. The SMILES string of the molecule is CC12Cc3c(c(C(=O)CC=O)nn3C3CCCCO3)CC1C2(F)F.COCc1ccccc1. The Balaban J connectivity index is 0.000000243. The van der Waals surface area contributed by atoms with Gasteiger partial charge in [-0.25, -0.2) is 13.5 Å². The van der Waals surface area contributed by atoms with Gasteiger partial charge in [0, 0.05) is 42.7 Å². The van der Waals surface area contributed by atoms with E-state index >= 15 is 0 Å². The molecule has 5 rings (SSSR count). The Morgan fingerprint density at radius 3 is 2.70 bits per heavy atom. The minimum Gasteiger partial charge on any atom is -0.380 e. The van der Waals surface area contributed by atoms with Gasteiger partial charge >= 0.3 is 0 Å². The second-order valence-corrected chi connectivity index (χ2v) is 9.23. The van der Waals surface area contributed by atoms with E-state index in [0.29, 0.717) is 30.8 Å². The Bertz CT molecular complexity index is 1000. The summed E-state index contributed by atoms with van der Waals surface area (Å²) in [5, 5.41) is 4.41. The minimum atomic E-state index is -2.71. The fourth-order valence-corrected chi connectivity index (χ4v) is 5.02. The van der Waals surface area contributed by atoms with Crippen LogP contribution in [0.2, 0.25) is 0 Å². The van der Waals surface area contributed by atoms with Gasteiger partial charge in [0.15, 0.2) is 5.78 Å². The fourth-order valence-electron chi connectivity index (χ4n) is 5.02. The van der Waals surface area contributed by atoms with Gasteiger partial charge in [-0.05, 0) is 31.2 Å². The van der Waals surface area contributed by atoms with Crippen LogP contribution in [0.1, 0.15) is 66.1 Å². The molecular weight excluding hydrogens is 430 g/mol. The molecule has 8 heteroatoms. The molecule has 3 atom stereocenters. The molecule has 1 aromatic heterocycles. The lowest BCUT2D eigenvalue weighted by Crippen LogP contribution is -2.24. The monoisotopic (exact) mass is 460 g/mol. The maximum absolute atomic E-state index is 14.2. The van der Waals surface area contributed by atoms with Crippen molar-refractivity contribution in [2.24, 2.45) is 11.3 Å². The highest BCUT2D eigenvalue weighted by Gasteiger charge is 2.78. The van der Waals surface area contributed by atoms with Crippen molar-refractivity contribution < 1.29 is 27.8 Å². The first-order valence-corrected chi connectivity index (χ1v) is 11.4. The second kappa shape index (κ2) is 9.43. The Labute approximate surface area is 192 Å². The van der Waals surface area contributed by atoms with Crippen LogP contribution in [0.15, 0.2) is 30.3 Å². The van der Waals surface area contributed by atoms with E-state index in [1.165, 1.54) is 5.56 Å². The molecule has 1 saturated carbocycles. The molecule has 3 aliphatic rings. The quantitative estimate of drug-likeness (QED) is 0.359. The number of ether oxygens (including phenoxy) is 2. The van der Waals surface area contributed by atoms with Crippen molar-refractivity contribution in [2.45, 2.75) is 64.2 Å². The van der Waals surface area contributed by atoms with Gasteiger partial charge in [0.25, 0.3) is 5.92 Å². The number of hydrogen-bond donors (Lipinski definition) is 0. The number of aromatic nitrogens is 2. The van der Waals surface area contributed by atoms with Crippen LogP contribution < -0.4 is 0 Å². The molecule has 0 N–H and O–H groups in total. The molecular formula is C25H30F2N2O4. The van der Waals surface area contributed by atoms with E-state index in [2.05, 4.69) is 5.10 Å². The van der Waals surface area contributed by atoms with Crippen molar-refractivity contribution >= 4 is 12.1 Å². The molecule has 2 fully saturated rings. The molecule has 1 saturated heterocycles. The van der Waals surface area contributed by atoms with Gasteiger partial charge in [-0.1, -0.05) is 37.3 Å². The molecule has 0 spiro atoms. The lowest BCUT2D eigenvalue weighted by atomic mass is 9.86. The smallest absolute Gasteiger partial charge is 0.258 e. The van der Waals surface area contributed by atoms with Gasteiger partial charge in [0.1, 0.15) is 18.2 Å². The first kappa shape index (κ1) is 23.7. The summed E-state index contributed by atoms with van der Waals surface area (Å²) in [5.41, 5.74) is 1.62. The summed E-state index contributed by atoms with van der Waals surface area (Å²) < 4.78 is 40.7. The molecule has 0 bridgehead atoms. The molecule has 6 nitrogen and oxygen atoms in total. The number of ketones is 1. The number of Topliss-reactive ketones (excluding diaryl/α,β-unsaturated/α-hetero) is 1. The van der Waals surface area contributed by atoms with Crippen molar-refractivity contribution in [3.05, 3.63) is 52.8 Å². The van der Waals surface area contributed by atoms with Gasteiger partial charge in [0.2, 0.25) is 0 Å². The zero-order valence-corrected chi connectivity index (χ0v) is 19.1. The maximum Gasteiger partial charge on any atom is 0.258 e. The number of aldehydes is 1. The van der Waals surface area contributed by atoms with E-state index in [4.69, 9.17) is 9.47 Å². The lowest BCUT2D eigenvalue weighted by Gasteiger charge is -2.26. The Morgan fingerprint density at radius 1 is 1.30 bits per heavy atom. The van der Waals surface area contributed by atoms with Gasteiger partial charge in [-0.2, -0.15) is 5.10 Å². The number of nitrogens with zero attached hydrogens (tertiary/aromatic N) is 2. The van der Waals surface area contributed by atoms with Crippen LogP contribution in [0.3, 0.4) is 0 Å². The summed E-state index contributed by atoms with van der Waals surface area (Å²) in [7, 11) is 1.70. The number of rotatable bonds is 6. The third kappa shape index (κ3) is 4.38. The van der Waals surface area contributed by atoms with Gasteiger partial charge in [-0.3, -0.25) is 4.79 Å². The first-order chi connectivity index (χ1) is 15.8. The van der Waals surface area contributed by atoms with E-state index in [1.807, 2.05) is 30.3 Å². The summed E-state index contributed by atoms with van der Waals surface area (Å²) in [6.45, 7) is 2.92. The van der Waals surface area contributed by atoms with E-state index < -0.39 is 23.0 Å². The zero-order valence-electron chi connectivity index (χ0n) is 19.1. The van der Waals surface area contributed by atoms with Crippen LogP contribution in [-0.2, 0) is 33.7 Å². The minimum absolute atomic E-state index is 0.144. The topological polar surface area (TPSA) is 70.4 Å². The summed E-state index contributed by atoms with van der Waals surface area (Å²) in [6, 6.07) is 10.1. The molecule has 1 aromatic carbocycles. The van der Waals surface area contributed by atoms with Crippen LogP contribution in [0.4, 0.5) is 8.78 Å². The van der Waals surface area contributed by atoms with E-state index in [-0.39, 0.29) is 31.2 Å². The number of hydrogen-bond acceptors (Lipinski definition) is 5. The zero-order chi connectivity index (χ0) is 23.6. The average Bonchev–Trinajstić information content (AvgIpc) is 3.07. The highest BCUT2D eigenvalue weighted by atomic mass is 19.3. The molecule has 33 heavy (non-hydrogen) atoms. The molecule has 2 aliphatic carbocycles. The third-order valence-electron chi connectivity index (χ3n) is 7.06. The second-order valence-electron chi connectivity index (χ2n) is 9.23. The first-order valence-electron chi connectivity index (χ1n) is 11.4. The Morgan fingerprint density at radius 2 is 2.06 bits per heavy atom. The maximum atomic E-state index is 14.2. The van der Waals surface area contributed by atoms with Gasteiger partial charge < -0.3 is 14.3 Å². The molecule has 2 aromatic rings. The van der Waals surface area contributed by atoms with E-state index in [9.17, 15) is 18.4 Å². The number of methoxy groups -OCH3 is 1. The molecule has 2 heterocycles. The molecule has 1 aliphatic heterocycles. The summed E-state index contributed by atoms with van der Waals surface area (Å²) in [5.74, 6) is -3.86. The normalized spacial score (nSPS) is 26.9. The number of fused-ring (bicyclic) bond motifs is 2. The number of alkyl halides is 2. The molecule has 3 unspecified atom stereocenters. The number of carbonyl (C=O) groups excluding carboxylic acids is 2. The predicted octanol–water partition coefficient (Wildman–Crippen LogP) is 4.56. The Kier molecular flexibility index (Phi) is 6.77. The summed E-state index contributed by atoms with van der Waals surface area (Å²) in [6.07, 6.45) is 3.00. The van der Waals surface area contributed by atoms with Crippen molar-refractivity contribution in [1.29, 1.82) is 0 Å². The molecule has 0 amide bonds. The van der Waals surface area contributed by atoms with E-state index in [1.54, 1.807) is 18.7 Å². The van der Waals surface area contributed by atoms with Crippen molar-refractivity contribution in [1.82, 2.24) is 9.78 Å². The Hall–Kier alpha value is -2.45. The van der Waals surface area contributed by atoms with Crippen molar-refractivity contribution in [2.75, 3.05) is 13.7 Å². The summed E-state index contributed by atoms with van der Waals surface area (Å²) in [4.78, 5) is 22.9. The number of halogens is 2. The predicted molar refractivity (Wildman–Crippen MR) is 117 cm³/mol. The van der Waals surface area contributed by atoms with Gasteiger partial charge in [-0.15, -0.1) is 0 Å². The average molecular weight is 461 g/mol. The molecule has 0 radical (unpaired) electrons. The van der Waals surface area contributed by atoms with Crippen LogP contribution in [0.5, 0.6) is 0 Å². The highest BCUT2D eigenvalue weighted by molar-refractivity contribution is 6.02. The number of benzene rings is 1. The highest BCUT2D eigenvalue weighted by Crippen LogP contribution is 2.70. The summed E-state index contributed by atoms with van der Waals surface area (Å²) >= 11 is 0. The van der Waals surface area contributed by atoms with E-state index in [0.717, 1.165) is 19.3 Å². The lowest BCUT2D eigenvalue weighted by molar-refractivity contribution is -0.107. The largest absolute Gasteiger partial charge is 0.380 e. The van der Waals surface area contributed by atoms with Crippen molar-refractivity contribution in [3.63, 3.8) is 0 Å². The van der Waals surface area contributed by atoms with Crippen LogP contribution in [0, 0.1) is 11.3 Å². The van der Waals surface area contributed by atoms with Gasteiger partial charge in [0.05, 0.1) is 13.0 Å². The fraction of sp³-hybridized carbons (Fsp3) is 0.560. The van der Waals surface area contributed by atoms with Crippen LogP contribution in [-0.4, -0.2) is 41.5 Å². The third-order valence-corrected chi connectivity index (χ3v) is 7.06.